The molecular weight excluding hydrogens is 352 g/mol. The number of carbonyl (C=O) groups is 2. The summed E-state index contributed by atoms with van der Waals surface area (Å²) in [5.41, 5.74) is 0.976. The van der Waals surface area contributed by atoms with Crippen LogP contribution in [0.2, 0.25) is 0 Å². The maximum atomic E-state index is 12.2. The predicted molar refractivity (Wildman–Crippen MR) is 114 cm³/mol. The van der Waals surface area contributed by atoms with Crippen LogP contribution in [0.4, 0.5) is 0 Å². The Labute approximate surface area is 170 Å². The summed E-state index contributed by atoms with van der Waals surface area (Å²) < 4.78 is 5.19. The highest BCUT2D eigenvalue weighted by atomic mass is 16.5. The lowest BCUT2D eigenvalue weighted by Crippen LogP contribution is -2.17. The zero-order valence-electron chi connectivity index (χ0n) is 18.0. The van der Waals surface area contributed by atoms with Crippen molar-refractivity contribution in [3.63, 3.8) is 0 Å². The maximum absolute atomic E-state index is 12.2. The predicted octanol–water partition coefficient (Wildman–Crippen LogP) is 6.80. The third-order valence-corrected chi connectivity index (χ3v) is 4.98. The van der Waals surface area contributed by atoms with Crippen LogP contribution in [0.25, 0.3) is 0 Å². The van der Waals surface area contributed by atoms with Crippen molar-refractivity contribution < 1.29 is 19.4 Å². The molecule has 0 aliphatic heterocycles. The van der Waals surface area contributed by atoms with Gasteiger partial charge < -0.3 is 9.84 Å². The first-order chi connectivity index (χ1) is 13.5. The molecule has 0 aromatic heterocycles. The highest BCUT2D eigenvalue weighted by molar-refractivity contribution is 6.03. The van der Waals surface area contributed by atoms with Gasteiger partial charge in [0, 0.05) is 0 Å². The fourth-order valence-electron chi connectivity index (χ4n) is 3.49. The Hall–Kier alpha value is -1.84. The molecule has 0 bridgehead atoms. The first kappa shape index (κ1) is 24.2. The van der Waals surface area contributed by atoms with Gasteiger partial charge in [0.2, 0.25) is 0 Å². The number of unbranched alkanes of at least 4 members (excludes halogenated alkanes) is 10. The smallest absolute Gasteiger partial charge is 0.339 e. The minimum absolute atomic E-state index is 0.0974. The summed E-state index contributed by atoms with van der Waals surface area (Å²) in [7, 11) is 0. The van der Waals surface area contributed by atoms with Gasteiger partial charge >= 0.3 is 11.9 Å². The molecule has 4 heteroatoms. The van der Waals surface area contributed by atoms with Crippen LogP contribution in [0.3, 0.4) is 0 Å². The minimum Gasteiger partial charge on any atom is -0.478 e. The Morgan fingerprint density at radius 2 is 1.43 bits per heavy atom. The molecule has 0 aliphatic rings. The number of esters is 1. The van der Waals surface area contributed by atoms with Gasteiger partial charge in [-0.1, -0.05) is 83.3 Å². The highest BCUT2D eigenvalue weighted by Crippen LogP contribution is 2.20. The van der Waals surface area contributed by atoms with Crippen LogP contribution in [0.5, 0.6) is 0 Å². The van der Waals surface area contributed by atoms with Crippen LogP contribution >= 0.6 is 0 Å². The minimum atomic E-state index is -1.06. The number of aromatic carboxylic acids is 1. The van der Waals surface area contributed by atoms with Crippen LogP contribution in [0.15, 0.2) is 18.2 Å². The second-order valence-corrected chi connectivity index (χ2v) is 7.88. The zero-order chi connectivity index (χ0) is 20.8. The normalized spacial score (nSPS) is 11.0. The zero-order valence-corrected chi connectivity index (χ0v) is 18.0. The van der Waals surface area contributed by atoms with Gasteiger partial charge in [-0.2, -0.15) is 0 Å². The molecular formula is C24H38O4. The fraction of sp³-hybridized carbons (Fsp3) is 0.667. The lowest BCUT2D eigenvalue weighted by Gasteiger charge is -2.13. The van der Waals surface area contributed by atoms with E-state index in [4.69, 9.17) is 4.74 Å². The SMILES string of the molecule is CCCCCCCCCCCCCc1cccc(C(=O)OC(C)C)c1C(=O)O. The van der Waals surface area contributed by atoms with Crippen molar-refractivity contribution in [2.75, 3.05) is 0 Å². The van der Waals surface area contributed by atoms with Crippen LogP contribution in [0.1, 0.15) is 118 Å². The number of hydrogen-bond donors (Lipinski definition) is 1. The molecule has 0 aliphatic carbocycles. The van der Waals surface area contributed by atoms with Crippen molar-refractivity contribution in [3.8, 4) is 0 Å². The number of hydrogen-bond acceptors (Lipinski definition) is 3. The van der Waals surface area contributed by atoms with E-state index in [-0.39, 0.29) is 17.2 Å². The Morgan fingerprint density at radius 1 is 0.893 bits per heavy atom. The largest absolute Gasteiger partial charge is 0.478 e. The van der Waals surface area contributed by atoms with Crippen LogP contribution in [-0.4, -0.2) is 23.1 Å². The molecule has 0 spiro atoms. The van der Waals surface area contributed by atoms with E-state index < -0.39 is 11.9 Å². The Morgan fingerprint density at radius 3 is 1.93 bits per heavy atom. The van der Waals surface area contributed by atoms with Gasteiger partial charge in [0.15, 0.2) is 0 Å². The highest BCUT2D eigenvalue weighted by Gasteiger charge is 2.21. The van der Waals surface area contributed by atoms with E-state index in [0.29, 0.717) is 6.42 Å². The summed E-state index contributed by atoms with van der Waals surface area (Å²) in [6.45, 7) is 5.76. The van der Waals surface area contributed by atoms with Gasteiger partial charge in [-0.05, 0) is 38.3 Å². The monoisotopic (exact) mass is 390 g/mol. The number of ether oxygens (including phenoxy) is 1. The molecule has 0 radical (unpaired) electrons. The van der Waals surface area contributed by atoms with Crippen molar-refractivity contribution in [2.24, 2.45) is 0 Å². The van der Waals surface area contributed by atoms with Crippen molar-refractivity contribution in [3.05, 3.63) is 34.9 Å². The molecule has 0 atom stereocenters. The topological polar surface area (TPSA) is 63.6 Å². The molecule has 0 fully saturated rings. The van der Waals surface area contributed by atoms with Crippen molar-refractivity contribution in [2.45, 2.75) is 104 Å². The molecule has 0 saturated carbocycles. The summed E-state index contributed by atoms with van der Waals surface area (Å²) >= 11 is 0. The molecule has 1 rings (SSSR count). The summed E-state index contributed by atoms with van der Waals surface area (Å²) in [6, 6.07) is 5.10. The second-order valence-electron chi connectivity index (χ2n) is 7.88. The van der Waals surface area contributed by atoms with Gasteiger partial charge in [0.25, 0.3) is 0 Å². The summed E-state index contributed by atoms with van der Waals surface area (Å²) in [4.78, 5) is 23.9. The average molecular weight is 391 g/mol. The molecule has 1 aromatic carbocycles. The van der Waals surface area contributed by atoms with Gasteiger partial charge in [-0.15, -0.1) is 0 Å². The standard InChI is InChI=1S/C24H38O4/c1-4-5-6-7-8-9-10-11-12-13-14-16-20-17-15-18-21(22(20)23(25)26)24(27)28-19(2)3/h15,17-19H,4-14,16H2,1-3H3,(H,25,26). The number of carboxylic acid groups (broad SMARTS) is 1. The van der Waals surface area contributed by atoms with E-state index in [1.807, 2.05) is 6.07 Å². The van der Waals surface area contributed by atoms with Crippen molar-refractivity contribution in [1.82, 2.24) is 0 Å². The average Bonchev–Trinajstić information content (AvgIpc) is 2.65. The van der Waals surface area contributed by atoms with Crippen molar-refractivity contribution >= 4 is 11.9 Å². The molecule has 1 N–H and O–H groups in total. The van der Waals surface area contributed by atoms with E-state index in [2.05, 4.69) is 6.92 Å². The maximum Gasteiger partial charge on any atom is 0.339 e. The molecule has 0 saturated heterocycles. The third-order valence-electron chi connectivity index (χ3n) is 4.98. The molecule has 158 valence electrons. The van der Waals surface area contributed by atoms with Crippen LogP contribution < -0.4 is 0 Å². The molecule has 0 amide bonds. The van der Waals surface area contributed by atoms with E-state index in [1.165, 1.54) is 63.9 Å². The molecule has 1 aromatic rings. The van der Waals surface area contributed by atoms with Crippen LogP contribution in [-0.2, 0) is 11.2 Å². The number of rotatable bonds is 15. The molecule has 28 heavy (non-hydrogen) atoms. The lowest BCUT2D eigenvalue weighted by molar-refractivity contribution is 0.0370. The quantitative estimate of drug-likeness (QED) is 0.264. The van der Waals surface area contributed by atoms with E-state index >= 15 is 0 Å². The Kier molecular flexibility index (Phi) is 12.3. The van der Waals surface area contributed by atoms with Crippen molar-refractivity contribution in [1.29, 1.82) is 0 Å². The number of carboxylic acids is 1. The summed E-state index contributed by atoms with van der Waals surface area (Å²) in [5, 5.41) is 9.60. The van der Waals surface area contributed by atoms with Gasteiger partial charge in [0.05, 0.1) is 17.2 Å². The van der Waals surface area contributed by atoms with E-state index in [0.717, 1.165) is 18.4 Å². The van der Waals surface area contributed by atoms with E-state index in [1.54, 1.807) is 19.9 Å². The number of carbonyl (C=O) groups excluding carboxylic acids is 1. The second kappa shape index (κ2) is 14.2. The van der Waals surface area contributed by atoms with Crippen LogP contribution in [0, 0.1) is 0 Å². The number of benzene rings is 1. The lowest BCUT2D eigenvalue weighted by atomic mass is 9.96. The Bertz CT molecular complexity index is 592. The van der Waals surface area contributed by atoms with E-state index in [9.17, 15) is 14.7 Å². The molecule has 4 nitrogen and oxygen atoms in total. The fourth-order valence-corrected chi connectivity index (χ4v) is 3.49. The first-order valence-corrected chi connectivity index (χ1v) is 11.0. The summed E-state index contributed by atoms with van der Waals surface area (Å²) in [5.74, 6) is -1.62. The first-order valence-electron chi connectivity index (χ1n) is 11.0. The summed E-state index contributed by atoms with van der Waals surface area (Å²) in [6.07, 6.45) is 14.2. The van der Waals surface area contributed by atoms with Gasteiger partial charge in [0.1, 0.15) is 0 Å². The van der Waals surface area contributed by atoms with Gasteiger partial charge in [-0.25, -0.2) is 9.59 Å². The molecule has 0 heterocycles. The van der Waals surface area contributed by atoms with Gasteiger partial charge in [-0.3, -0.25) is 0 Å². The molecule has 0 unspecified atom stereocenters. The number of aryl methyl sites for hydroxylation is 1. The third kappa shape index (κ3) is 9.38. The Balaban J connectivity index is 2.40.